The van der Waals surface area contributed by atoms with Crippen LogP contribution >= 0.6 is 0 Å². The second-order valence-electron chi connectivity index (χ2n) is 8.06. The zero-order chi connectivity index (χ0) is 21.6. The van der Waals surface area contributed by atoms with E-state index in [1.807, 2.05) is 38.1 Å². The summed E-state index contributed by atoms with van der Waals surface area (Å²) < 4.78 is 5.72. The lowest BCUT2D eigenvalue weighted by atomic mass is 9.98. The van der Waals surface area contributed by atoms with Crippen LogP contribution in [0.3, 0.4) is 0 Å². The fourth-order valence-corrected chi connectivity index (χ4v) is 4.18. The Kier molecular flexibility index (Phi) is 6.58. The van der Waals surface area contributed by atoms with Crippen LogP contribution in [0.1, 0.15) is 60.5 Å². The highest BCUT2D eigenvalue weighted by molar-refractivity contribution is 5.55. The van der Waals surface area contributed by atoms with Crippen molar-refractivity contribution in [3.63, 3.8) is 0 Å². The smallest absolute Gasteiger partial charge is 0.140 e. The minimum Gasteiger partial charge on any atom is -0.466 e. The fourth-order valence-electron chi connectivity index (χ4n) is 4.18. The molecule has 1 aliphatic rings. The van der Waals surface area contributed by atoms with Gasteiger partial charge in [-0.05, 0) is 70.5 Å². The number of aromatic nitrogens is 3. The van der Waals surface area contributed by atoms with Gasteiger partial charge in [-0.2, -0.15) is 5.26 Å². The van der Waals surface area contributed by atoms with E-state index < -0.39 is 0 Å². The first-order valence-electron chi connectivity index (χ1n) is 10.9. The molecule has 0 radical (unpaired) electrons. The molecule has 1 aliphatic heterocycles. The molecule has 1 fully saturated rings. The molecule has 0 saturated carbocycles. The van der Waals surface area contributed by atoms with Crippen molar-refractivity contribution in [1.82, 2.24) is 19.9 Å². The van der Waals surface area contributed by atoms with Crippen LogP contribution in [0, 0.1) is 25.2 Å². The molecule has 1 atom stereocenters. The number of nitrogens with one attached hydrogen (secondary N) is 1. The highest BCUT2D eigenvalue weighted by Gasteiger charge is 2.25. The Balaban J connectivity index is 1.45. The van der Waals surface area contributed by atoms with Gasteiger partial charge in [0, 0.05) is 12.5 Å². The molecule has 3 aromatic rings. The maximum Gasteiger partial charge on any atom is 0.140 e. The van der Waals surface area contributed by atoms with Crippen molar-refractivity contribution in [2.24, 2.45) is 0 Å². The van der Waals surface area contributed by atoms with Crippen molar-refractivity contribution in [3.8, 4) is 6.07 Å². The highest BCUT2D eigenvalue weighted by Crippen LogP contribution is 2.31. The Hall–Kier alpha value is -3.24. The molecule has 0 spiro atoms. The molecule has 0 bridgehead atoms. The molecule has 7 heteroatoms. The maximum atomic E-state index is 8.92. The van der Waals surface area contributed by atoms with Gasteiger partial charge in [-0.15, -0.1) is 0 Å². The van der Waals surface area contributed by atoms with Crippen LogP contribution in [0.4, 0.5) is 11.5 Å². The van der Waals surface area contributed by atoms with Gasteiger partial charge >= 0.3 is 0 Å². The number of pyridine rings is 1. The van der Waals surface area contributed by atoms with Gasteiger partial charge in [-0.1, -0.05) is 6.42 Å². The molecule has 4 heterocycles. The van der Waals surface area contributed by atoms with Gasteiger partial charge in [-0.3, -0.25) is 4.90 Å². The monoisotopic (exact) mass is 416 g/mol. The van der Waals surface area contributed by atoms with Gasteiger partial charge < -0.3 is 9.73 Å². The standard InChI is InChI=1S/C24H28N6O/c1-17-8-11-21(31-17)6-5-13-30-12-4-3-7-23(30)22-14-24(28-18(2)27-22)29-20-10-9-19(15-25)26-16-20/h8-11,14,16,23H,3-7,12-13H2,1-2H3,(H,27,28,29). The largest absolute Gasteiger partial charge is 0.466 e. The molecule has 1 unspecified atom stereocenters. The lowest BCUT2D eigenvalue weighted by molar-refractivity contribution is 0.143. The van der Waals surface area contributed by atoms with Crippen LogP contribution in [0.2, 0.25) is 0 Å². The highest BCUT2D eigenvalue weighted by atomic mass is 16.3. The van der Waals surface area contributed by atoms with Gasteiger partial charge in [0.2, 0.25) is 0 Å². The minimum atomic E-state index is 0.299. The van der Waals surface area contributed by atoms with Gasteiger partial charge in [0.25, 0.3) is 0 Å². The predicted octanol–water partition coefficient (Wildman–Crippen LogP) is 4.86. The van der Waals surface area contributed by atoms with Gasteiger partial charge in [0.05, 0.1) is 23.6 Å². The third kappa shape index (κ3) is 5.47. The van der Waals surface area contributed by atoms with Crippen LogP contribution in [0.15, 0.2) is 40.9 Å². The molecule has 4 rings (SSSR count). The number of hydrogen-bond acceptors (Lipinski definition) is 7. The Morgan fingerprint density at radius 3 is 2.84 bits per heavy atom. The van der Waals surface area contributed by atoms with Crippen LogP contribution in [-0.4, -0.2) is 32.9 Å². The SMILES string of the molecule is Cc1nc(Nc2ccc(C#N)nc2)cc(C2CCCCN2CCCc2ccc(C)o2)n1. The van der Waals surface area contributed by atoms with E-state index in [0.29, 0.717) is 11.7 Å². The number of nitrogens with zero attached hydrogens (tertiary/aromatic N) is 5. The average molecular weight is 417 g/mol. The molecule has 31 heavy (non-hydrogen) atoms. The van der Waals surface area contributed by atoms with Crippen molar-refractivity contribution in [3.05, 3.63) is 65.3 Å². The minimum absolute atomic E-state index is 0.299. The van der Waals surface area contributed by atoms with E-state index in [9.17, 15) is 0 Å². The van der Waals surface area contributed by atoms with Gasteiger partial charge in [-0.25, -0.2) is 15.0 Å². The van der Waals surface area contributed by atoms with E-state index in [1.165, 1.54) is 12.8 Å². The summed E-state index contributed by atoms with van der Waals surface area (Å²) in [4.78, 5) is 16.0. The van der Waals surface area contributed by atoms with Crippen molar-refractivity contribution < 1.29 is 4.42 Å². The molecule has 1 N–H and O–H groups in total. The molecular formula is C24H28N6O. The average Bonchev–Trinajstić information content (AvgIpc) is 3.19. The summed E-state index contributed by atoms with van der Waals surface area (Å²) >= 11 is 0. The molecule has 7 nitrogen and oxygen atoms in total. The van der Waals surface area contributed by atoms with Crippen molar-refractivity contribution >= 4 is 11.5 Å². The summed E-state index contributed by atoms with van der Waals surface area (Å²) in [6.45, 7) is 6.03. The van der Waals surface area contributed by atoms with E-state index >= 15 is 0 Å². The van der Waals surface area contributed by atoms with Gasteiger partial charge in [0.1, 0.15) is 34.9 Å². The number of piperidine rings is 1. The summed E-state index contributed by atoms with van der Waals surface area (Å²) in [6, 6.07) is 12.0. The molecule has 3 aromatic heterocycles. The number of nitriles is 1. The summed E-state index contributed by atoms with van der Waals surface area (Å²) in [7, 11) is 0. The molecule has 0 amide bonds. The van der Waals surface area contributed by atoms with Crippen molar-refractivity contribution in [1.29, 1.82) is 5.26 Å². The quantitative estimate of drug-likeness (QED) is 0.588. The number of anilines is 2. The predicted molar refractivity (Wildman–Crippen MR) is 119 cm³/mol. The first-order valence-corrected chi connectivity index (χ1v) is 10.9. The zero-order valence-corrected chi connectivity index (χ0v) is 18.1. The van der Waals surface area contributed by atoms with Gasteiger partial charge in [0.15, 0.2) is 0 Å². The first-order chi connectivity index (χ1) is 15.1. The van der Waals surface area contributed by atoms with Crippen LogP contribution in [0.25, 0.3) is 0 Å². The summed E-state index contributed by atoms with van der Waals surface area (Å²) in [5.41, 5.74) is 2.26. The first kappa shape index (κ1) is 21.0. The Labute approximate surface area is 183 Å². The van der Waals surface area contributed by atoms with E-state index in [1.54, 1.807) is 12.3 Å². The number of aryl methyl sites for hydroxylation is 3. The van der Waals surface area contributed by atoms with E-state index in [2.05, 4.69) is 26.3 Å². The van der Waals surface area contributed by atoms with Crippen LogP contribution in [0.5, 0.6) is 0 Å². The molecular weight excluding hydrogens is 388 g/mol. The van der Waals surface area contributed by atoms with Crippen molar-refractivity contribution in [2.45, 2.75) is 52.0 Å². The fraction of sp³-hybridized carbons (Fsp3) is 0.417. The normalized spacial score (nSPS) is 16.7. The van der Waals surface area contributed by atoms with Crippen molar-refractivity contribution in [2.75, 3.05) is 18.4 Å². The zero-order valence-electron chi connectivity index (χ0n) is 18.1. The number of likely N-dealkylation sites (tertiary alicyclic amines) is 1. The lowest BCUT2D eigenvalue weighted by Gasteiger charge is -2.35. The van der Waals surface area contributed by atoms with Crippen LogP contribution in [-0.2, 0) is 6.42 Å². The Morgan fingerprint density at radius 2 is 2.10 bits per heavy atom. The van der Waals surface area contributed by atoms with Crippen LogP contribution < -0.4 is 5.32 Å². The number of hydrogen-bond donors (Lipinski definition) is 1. The third-order valence-corrected chi connectivity index (χ3v) is 5.63. The summed E-state index contributed by atoms with van der Waals surface area (Å²) in [5.74, 6) is 3.54. The molecule has 1 saturated heterocycles. The molecule has 0 aromatic carbocycles. The second kappa shape index (κ2) is 9.71. The summed E-state index contributed by atoms with van der Waals surface area (Å²) in [6.07, 6.45) is 7.22. The topological polar surface area (TPSA) is 90.9 Å². The van der Waals surface area contributed by atoms with E-state index in [4.69, 9.17) is 14.7 Å². The second-order valence-corrected chi connectivity index (χ2v) is 8.06. The molecule has 160 valence electrons. The Bertz CT molecular complexity index is 1050. The van der Waals surface area contributed by atoms with E-state index in [0.717, 1.165) is 66.9 Å². The molecule has 0 aliphatic carbocycles. The van der Waals surface area contributed by atoms with E-state index in [-0.39, 0.29) is 0 Å². The number of rotatable bonds is 7. The Morgan fingerprint density at radius 1 is 1.19 bits per heavy atom. The number of furan rings is 1. The maximum absolute atomic E-state index is 8.92. The lowest BCUT2D eigenvalue weighted by Crippen LogP contribution is -2.35. The third-order valence-electron chi connectivity index (χ3n) is 5.63. The summed E-state index contributed by atoms with van der Waals surface area (Å²) in [5, 5.41) is 12.2.